The molecule has 2 aliphatic rings. The van der Waals surface area contributed by atoms with E-state index in [0.29, 0.717) is 28.3 Å². The fourth-order valence-corrected chi connectivity index (χ4v) is 6.22. The van der Waals surface area contributed by atoms with Crippen molar-refractivity contribution < 1.29 is 14.1 Å². The zero-order chi connectivity index (χ0) is 24.4. The topological polar surface area (TPSA) is 95.4 Å². The van der Waals surface area contributed by atoms with Crippen LogP contribution < -0.4 is 10.2 Å². The summed E-state index contributed by atoms with van der Waals surface area (Å²) in [6.45, 7) is 1.69. The van der Waals surface area contributed by atoms with Crippen molar-refractivity contribution in [2.75, 3.05) is 29.1 Å². The molecule has 9 heteroatoms. The Morgan fingerprint density at radius 1 is 1.09 bits per heavy atom. The lowest BCUT2D eigenvalue weighted by atomic mass is 9.89. The van der Waals surface area contributed by atoms with Crippen LogP contribution >= 0.6 is 11.6 Å². The third-order valence-electron chi connectivity index (χ3n) is 6.59. The monoisotopic (exact) mass is 510 g/mol. The van der Waals surface area contributed by atoms with Gasteiger partial charge in [-0.3, -0.25) is 9.00 Å². The number of halogens is 1. The van der Waals surface area contributed by atoms with Gasteiger partial charge in [-0.1, -0.05) is 35.9 Å². The van der Waals surface area contributed by atoms with Crippen molar-refractivity contribution in [3.05, 3.63) is 70.4 Å². The maximum absolute atomic E-state index is 12.9. The minimum Gasteiger partial charge on any atom is -0.481 e. The van der Waals surface area contributed by atoms with E-state index in [4.69, 9.17) is 26.7 Å². The van der Waals surface area contributed by atoms with Gasteiger partial charge < -0.3 is 15.3 Å². The fourth-order valence-electron chi connectivity index (χ4n) is 4.76. The Kier molecular flexibility index (Phi) is 7.02. The van der Waals surface area contributed by atoms with E-state index in [1.807, 2.05) is 24.3 Å². The molecule has 0 radical (unpaired) electrons. The van der Waals surface area contributed by atoms with Gasteiger partial charge >= 0.3 is 5.97 Å². The highest BCUT2D eigenvalue weighted by Gasteiger charge is 2.27. The Hall–Kier alpha value is -2.97. The number of fused-ring (bicyclic) bond motifs is 1. The number of nitrogens with one attached hydrogen (secondary N) is 1. The highest BCUT2D eigenvalue weighted by Crippen LogP contribution is 2.34. The fraction of sp³-hybridized carbons (Fsp3) is 0.346. The van der Waals surface area contributed by atoms with Crippen molar-refractivity contribution in [2.45, 2.75) is 42.9 Å². The normalized spacial score (nSPS) is 18.2. The molecule has 3 heterocycles. The molecule has 2 N–H and O–H groups in total. The number of anilines is 3. The summed E-state index contributed by atoms with van der Waals surface area (Å²) >= 11 is 6.05. The minimum absolute atomic E-state index is 0.0245. The SMILES string of the molecule is O=C(O)Cc1ccc(Nc2nc(N3CCC(c4ccc(Cl)cc4)CC3)nc3c2[S@](=O)CCC3)cc1. The highest BCUT2D eigenvalue weighted by molar-refractivity contribution is 7.85. The number of hydrogen-bond donors (Lipinski definition) is 2. The highest BCUT2D eigenvalue weighted by atomic mass is 35.5. The molecule has 3 aromatic rings. The van der Waals surface area contributed by atoms with Crippen molar-refractivity contribution in [2.24, 2.45) is 0 Å². The molecule has 0 saturated carbocycles. The Bertz CT molecular complexity index is 1240. The zero-order valence-electron chi connectivity index (χ0n) is 19.2. The molecule has 1 aromatic heterocycles. The van der Waals surface area contributed by atoms with Crippen molar-refractivity contribution in [3.63, 3.8) is 0 Å². The van der Waals surface area contributed by atoms with Crippen LogP contribution in [-0.4, -0.2) is 44.1 Å². The average molecular weight is 511 g/mol. The Balaban J connectivity index is 1.37. The first-order chi connectivity index (χ1) is 17.0. The number of aromatic nitrogens is 2. The van der Waals surface area contributed by atoms with Gasteiger partial charge in [-0.25, -0.2) is 4.98 Å². The molecule has 2 aromatic carbocycles. The predicted molar refractivity (Wildman–Crippen MR) is 138 cm³/mol. The van der Waals surface area contributed by atoms with Crippen LogP contribution in [0.15, 0.2) is 53.4 Å². The molecule has 35 heavy (non-hydrogen) atoms. The Labute approximate surface area is 212 Å². The predicted octanol–water partition coefficient (Wildman–Crippen LogP) is 4.94. The number of rotatable bonds is 6. The smallest absolute Gasteiger partial charge is 0.307 e. The quantitative estimate of drug-likeness (QED) is 0.485. The first kappa shape index (κ1) is 23.8. The molecule has 7 nitrogen and oxygen atoms in total. The van der Waals surface area contributed by atoms with E-state index in [1.54, 1.807) is 12.1 Å². The van der Waals surface area contributed by atoms with Crippen molar-refractivity contribution in [1.82, 2.24) is 9.97 Å². The molecule has 5 rings (SSSR count). The second-order valence-corrected chi connectivity index (χ2v) is 11.0. The van der Waals surface area contributed by atoms with Crippen LogP contribution in [0.2, 0.25) is 5.02 Å². The number of nitrogens with zero attached hydrogens (tertiary/aromatic N) is 3. The number of hydrogen-bond acceptors (Lipinski definition) is 6. The third-order valence-corrected chi connectivity index (χ3v) is 8.38. The lowest BCUT2D eigenvalue weighted by Crippen LogP contribution is -2.35. The standard InChI is InChI=1S/C26H27ClN4O3S/c27-20-7-5-18(6-8-20)19-11-13-31(14-12-19)26-29-22-2-1-15-35(34)24(22)25(30-26)28-21-9-3-17(4-10-21)16-23(32)33/h3-10,19H,1-2,11-16H2,(H,32,33)(H,28,29,30)/t35-/m1/s1. The summed E-state index contributed by atoms with van der Waals surface area (Å²) in [5.74, 6) is 1.47. The van der Waals surface area contributed by atoms with Gasteiger partial charge in [0.2, 0.25) is 5.95 Å². The van der Waals surface area contributed by atoms with Crippen molar-refractivity contribution in [3.8, 4) is 0 Å². The van der Waals surface area contributed by atoms with E-state index in [-0.39, 0.29) is 6.42 Å². The lowest BCUT2D eigenvalue weighted by Gasteiger charge is -2.33. The van der Waals surface area contributed by atoms with Gasteiger partial charge in [-0.15, -0.1) is 0 Å². The van der Waals surface area contributed by atoms with E-state index < -0.39 is 16.8 Å². The zero-order valence-corrected chi connectivity index (χ0v) is 20.8. The first-order valence-corrected chi connectivity index (χ1v) is 13.5. The minimum atomic E-state index is -1.15. The summed E-state index contributed by atoms with van der Waals surface area (Å²) in [4.78, 5) is 23.5. The van der Waals surface area contributed by atoms with Gasteiger partial charge in [0.15, 0.2) is 5.82 Å². The number of piperidine rings is 1. The largest absolute Gasteiger partial charge is 0.481 e. The second-order valence-electron chi connectivity index (χ2n) is 9.01. The molecular weight excluding hydrogens is 484 g/mol. The van der Waals surface area contributed by atoms with Crippen LogP contribution in [-0.2, 0) is 28.4 Å². The van der Waals surface area contributed by atoms with E-state index in [1.165, 1.54) is 5.56 Å². The number of carbonyl (C=O) groups is 1. The van der Waals surface area contributed by atoms with Crippen LogP contribution in [0.4, 0.5) is 17.5 Å². The lowest BCUT2D eigenvalue weighted by molar-refractivity contribution is -0.136. The third kappa shape index (κ3) is 5.49. The molecule has 0 spiro atoms. The van der Waals surface area contributed by atoms with Gasteiger partial charge in [0.1, 0.15) is 4.90 Å². The van der Waals surface area contributed by atoms with E-state index >= 15 is 0 Å². The van der Waals surface area contributed by atoms with Gasteiger partial charge in [-0.05, 0) is 67.0 Å². The van der Waals surface area contributed by atoms with Gasteiger partial charge in [-0.2, -0.15) is 4.98 Å². The number of carboxylic acids is 1. The van der Waals surface area contributed by atoms with E-state index in [2.05, 4.69) is 22.3 Å². The van der Waals surface area contributed by atoms with Crippen LogP contribution in [0.5, 0.6) is 0 Å². The molecule has 2 aliphatic heterocycles. The van der Waals surface area contributed by atoms with Crippen LogP contribution in [0, 0.1) is 0 Å². The summed E-state index contributed by atoms with van der Waals surface area (Å²) in [6.07, 6.45) is 3.61. The molecule has 0 bridgehead atoms. The molecule has 0 unspecified atom stereocenters. The maximum Gasteiger partial charge on any atom is 0.307 e. The summed E-state index contributed by atoms with van der Waals surface area (Å²) in [7, 11) is -1.15. The van der Waals surface area contributed by atoms with Gasteiger partial charge in [0, 0.05) is 29.6 Å². The van der Waals surface area contributed by atoms with Crippen LogP contribution in [0.1, 0.15) is 42.0 Å². The molecule has 1 fully saturated rings. The molecule has 182 valence electrons. The number of aryl methyl sites for hydroxylation is 1. The number of aliphatic carboxylic acids is 1. The van der Waals surface area contributed by atoms with Gasteiger partial charge in [0.05, 0.1) is 22.9 Å². The van der Waals surface area contributed by atoms with Crippen LogP contribution in [0.3, 0.4) is 0 Å². The van der Waals surface area contributed by atoms with Gasteiger partial charge in [0.25, 0.3) is 0 Å². The summed E-state index contributed by atoms with van der Waals surface area (Å²) in [6, 6.07) is 15.3. The van der Waals surface area contributed by atoms with Crippen molar-refractivity contribution >= 4 is 45.8 Å². The molecule has 0 amide bonds. The van der Waals surface area contributed by atoms with Crippen LogP contribution in [0.25, 0.3) is 0 Å². The molecular formula is C26H27ClN4O3S. The Morgan fingerprint density at radius 3 is 2.49 bits per heavy atom. The molecule has 1 saturated heterocycles. The Morgan fingerprint density at radius 2 is 1.80 bits per heavy atom. The molecule has 1 atom stereocenters. The average Bonchev–Trinajstić information content (AvgIpc) is 2.85. The first-order valence-electron chi connectivity index (χ1n) is 11.8. The van der Waals surface area contributed by atoms with E-state index in [0.717, 1.165) is 60.7 Å². The summed E-state index contributed by atoms with van der Waals surface area (Å²) in [5.41, 5.74) is 3.66. The van der Waals surface area contributed by atoms with E-state index in [9.17, 15) is 9.00 Å². The summed E-state index contributed by atoms with van der Waals surface area (Å²) in [5, 5.41) is 13.1. The second kappa shape index (κ2) is 10.3. The summed E-state index contributed by atoms with van der Waals surface area (Å²) < 4.78 is 12.9. The number of benzene rings is 2. The maximum atomic E-state index is 12.9. The number of carboxylic acid groups (broad SMARTS) is 1. The molecule has 0 aliphatic carbocycles. The van der Waals surface area contributed by atoms with Crippen molar-refractivity contribution in [1.29, 1.82) is 0 Å².